The molecule has 1 N–H and O–H groups in total. The molecule has 0 spiro atoms. The molecule has 0 amide bonds. The lowest BCUT2D eigenvalue weighted by Crippen LogP contribution is -2.22. The number of thiophene rings is 1. The molecule has 1 aromatic heterocycles. The Morgan fingerprint density at radius 2 is 2.18 bits per heavy atom. The van der Waals surface area contributed by atoms with E-state index in [1.807, 2.05) is 0 Å². The first kappa shape index (κ1) is 15.2. The van der Waals surface area contributed by atoms with Gasteiger partial charge in [-0.25, -0.2) is 0 Å². The second-order valence-corrected chi connectivity index (χ2v) is 6.63. The predicted molar refractivity (Wildman–Crippen MR) is 78.6 cm³/mol. The number of halogens is 1. The number of ether oxygens (including phenoxy) is 1. The number of hydrogen-bond acceptors (Lipinski definition) is 3. The van der Waals surface area contributed by atoms with Gasteiger partial charge in [0.15, 0.2) is 0 Å². The average Bonchev–Trinajstić information content (AvgIpc) is 2.62. The van der Waals surface area contributed by atoms with E-state index >= 15 is 0 Å². The minimum absolute atomic E-state index is 0.368. The van der Waals surface area contributed by atoms with Crippen molar-refractivity contribution in [1.29, 1.82) is 0 Å². The van der Waals surface area contributed by atoms with Crippen LogP contribution in [0.25, 0.3) is 0 Å². The lowest BCUT2D eigenvalue weighted by molar-refractivity contribution is 0.0538. The Morgan fingerprint density at radius 3 is 2.76 bits per heavy atom. The summed E-state index contributed by atoms with van der Waals surface area (Å²) in [5.74, 6) is 0.710. The summed E-state index contributed by atoms with van der Waals surface area (Å²) in [5, 5.41) is 5.50. The van der Waals surface area contributed by atoms with E-state index in [-0.39, 0.29) is 0 Å². The zero-order valence-electron chi connectivity index (χ0n) is 10.8. The summed E-state index contributed by atoms with van der Waals surface area (Å²) in [6.07, 6.45) is 1.51. The Balaban J connectivity index is 2.01. The predicted octanol–water partition coefficient (Wildman–Crippen LogP) is 4.05. The van der Waals surface area contributed by atoms with Crippen LogP contribution < -0.4 is 5.32 Å². The molecular weight excluding hydrogens is 298 g/mol. The van der Waals surface area contributed by atoms with Gasteiger partial charge >= 0.3 is 0 Å². The third kappa shape index (κ3) is 7.19. The van der Waals surface area contributed by atoms with Crippen molar-refractivity contribution in [1.82, 2.24) is 5.32 Å². The molecule has 0 aromatic carbocycles. The standard InChI is InChI=1S/C13H22BrNOS/c1-10(2)6-11(3)16-5-4-15-8-13-7-12(14)9-17-13/h7,9-11,15H,4-6,8H2,1-3H3. The van der Waals surface area contributed by atoms with Crippen LogP contribution in [0.15, 0.2) is 15.9 Å². The van der Waals surface area contributed by atoms with Crippen LogP contribution >= 0.6 is 27.3 Å². The molecule has 0 aliphatic carbocycles. The maximum Gasteiger partial charge on any atom is 0.0594 e. The van der Waals surface area contributed by atoms with E-state index in [1.54, 1.807) is 11.3 Å². The van der Waals surface area contributed by atoms with Gasteiger partial charge < -0.3 is 10.1 Å². The molecule has 17 heavy (non-hydrogen) atoms. The molecule has 0 aliphatic rings. The van der Waals surface area contributed by atoms with Gasteiger partial charge in [0.1, 0.15) is 0 Å². The molecule has 0 saturated carbocycles. The molecule has 1 atom stereocenters. The fourth-order valence-electron chi connectivity index (χ4n) is 1.72. The third-order valence-corrected chi connectivity index (χ3v) is 4.10. The Hall–Kier alpha value is 0.1000. The Morgan fingerprint density at radius 1 is 1.41 bits per heavy atom. The van der Waals surface area contributed by atoms with Crippen molar-refractivity contribution in [2.75, 3.05) is 13.2 Å². The molecule has 0 radical (unpaired) electrons. The number of nitrogens with one attached hydrogen (secondary N) is 1. The second-order valence-electron chi connectivity index (χ2n) is 4.72. The van der Waals surface area contributed by atoms with Crippen LogP contribution in [0.4, 0.5) is 0 Å². The number of hydrogen-bond donors (Lipinski definition) is 1. The molecule has 0 fully saturated rings. The highest BCUT2D eigenvalue weighted by molar-refractivity contribution is 9.10. The Bertz CT molecular complexity index is 314. The highest BCUT2D eigenvalue weighted by atomic mass is 79.9. The van der Waals surface area contributed by atoms with Gasteiger partial charge in [0, 0.05) is 27.8 Å². The summed E-state index contributed by atoms with van der Waals surface area (Å²) >= 11 is 5.23. The average molecular weight is 320 g/mol. The van der Waals surface area contributed by atoms with E-state index in [2.05, 4.69) is 53.5 Å². The van der Waals surface area contributed by atoms with Crippen LogP contribution in [0, 0.1) is 5.92 Å². The molecule has 1 unspecified atom stereocenters. The normalized spacial score (nSPS) is 13.2. The summed E-state index contributed by atoms with van der Waals surface area (Å²) in [6.45, 7) is 9.24. The fourth-order valence-corrected chi connectivity index (χ4v) is 3.14. The van der Waals surface area contributed by atoms with E-state index in [4.69, 9.17) is 4.74 Å². The van der Waals surface area contributed by atoms with Crippen LogP contribution in [0.3, 0.4) is 0 Å². The van der Waals surface area contributed by atoms with Gasteiger partial charge in [-0.1, -0.05) is 13.8 Å². The molecule has 0 bridgehead atoms. The van der Waals surface area contributed by atoms with Gasteiger partial charge in [0.2, 0.25) is 0 Å². The van der Waals surface area contributed by atoms with Gasteiger partial charge in [0.25, 0.3) is 0 Å². The minimum atomic E-state index is 0.368. The van der Waals surface area contributed by atoms with Crippen molar-refractivity contribution in [3.05, 3.63) is 20.8 Å². The van der Waals surface area contributed by atoms with Crippen LogP contribution in [0.5, 0.6) is 0 Å². The van der Waals surface area contributed by atoms with Gasteiger partial charge in [-0.15, -0.1) is 11.3 Å². The first-order valence-corrected chi connectivity index (χ1v) is 7.80. The van der Waals surface area contributed by atoms with E-state index in [1.165, 1.54) is 9.35 Å². The second kappa shape index (κ2) is 8.25. The Labute approximate surface area is 117 Å². The van der Waals surface area contributed by atoms with Crippen molar-refractivity contribution in [2.24, 2.45) is 5.92 Å². The van der Waals surface area contributed by atoms with Gasteiger partial charge in [0.05, 0.1) is 12.7 Å². The van der Waals surface area contributed by atoms with Crippen LogP contribution in [0.1, 0.15) is 32.1 Å². The largest absolute Gasteiger partial charge is 0.377 e. The lowest BCUT2D eigenvalue weighted by Gasteiger charge is -2.15. The van der Waals surface area contributed by atoms with Gasteiger partial charge in [-0.05, 0) is 41.3 Å². The lowest BCUT2D eigenvalue weighted by atomic mass is 10.1. The maximum absolute atomic E-state index is 5.73. The highest BCUT2D eigenvalue weighted by Gasteiger charge is 2.04. The van der Waals surface area contributed by atoms with Crippen molar-refractivity contribution < 1.29 is 4.74 Å². The van der Waals surface area contributed by atoms with Crippen LogP contribution in [-0.4, -0.2) is 19.3 Å². The maximum atomic E-state index is 5.73. The van der Waals surface area contributed by atoms with Crippen LogP contribution in [0.2, 0.25) is 0 Å². The molecule has 1 rings (SSSR count). The van der Waals surface area contributed by atoms with Crippen molar-refractivity contribution in [2.45, 2.75) is 39.8 Å². The van der Waals surface area contributed by atoms with Crippen molar-refractivity contribution in [3.8, 4) is 0 Å². The van der Waals surface area contributed by atoms with Crippen molar-refractivity contribution >= 4 is 27.3 Å². The van der Waals surface area contributed by atoms with E-state index < -0.39 is 0 Å². The zero-order chi connectivity index (χ0) is 12.7. The molecule has 98 valence electrons. The first-order valence-electron chi connectivity index (χ1n) is 6.13. The first-order chi connectivity index (χ1) is 8.08. The fraction of sp³-hybridized carbons (Fsp3) is 0.692. The number of rotatable bonds is 8. The summed E-state index contributed by atoms with van der Waals surface area (Å²) in [7, 11) is 0. The van der Waals surface area contributed by atoms with E-state index in [0.29, 0.717) is 12.0 Å². The molecule has 0 saturated heterocycles. The summed E-state index contributed by atoms with van der Waals surface area (Å²) < 4.78 is 6.90. The zero-order valence-corrected chi connectivity index (χ0v) is 13.2. The van der Waals surface area contributed by atoms with Crippen LogP contribution in [-0.2, 0) is 11.3 Å². The summed E-state index contributed by atoms with van der Waals surface area (Å²) in [5.41, 5.74) is 0. The SMILES string of the molecule is CC(C)CC(C)OCCNCc1cc(Br)cs1. The molecular formula is C13H22BrNOS. The van der Waals surface area contributed by atoms with Crippen molar-refractivity contribution in [3.63, 3.8) is 0 Å². The Kier molecular flexibility index (Phi) is 7.35. The topological polar surface area (TPSA) is 21.3 Å². The van der Waals surface area contributed by atoms with Gasteiger partial charge in [-0.2, -0.15) is 0 Å². The smallest absolute Gasteiger partial charge is 0.0594 e. The minimum Gasteiger partial charge on any atom is -0.377 e. The van der Waals surface area contributed by atoms with E-state index in [0.717, 1.165) is 26.1 Å². The molecule has 0 aliphatic heterocycles. The molecule has 2 nitrogen and oxygen atoms in total. The third-order valence-electron chi connectivity index (χ3n) is 2.41. The summed E-state index contributed by atoms with van der Waals surface area (Å²) in [6, 6.07) is 2.15. The quantitative estimate of drug-likeness (QED) is 0.730. The molecule has 1 heterocycles. The summed E-state index contributed by atoms with van der Waals surface area (Å²) in [4.78, 5) is 1.35. The van der Waals surface area contributed by atoms with Gasteiger partial charge in [-0.3, -0.25) is 0 Å². The molecule has 1 aromatic rings. The van der Waals surface area contributed by atoms with E-state index in [9.17, 15) is 0 Å². The molecule has 4 heteroatoms. The highest BCUT2D eigenvalue weighted by Crippen LogP contribution is 2.19. The monoisotopic (exact) mass is 319 g/mol.